The van der Waals surface area contributed by atoms with Crippen LogP contribution in [0.3, 0.4) is 0 Å². The van der Waals surface area contributed by atoms with Gasteiger partial charge in [0.1, 0.15) is 0 Å². The summed E-state index contributed by atoms with van der Waals surface area (Å²) < 4.78 is 2.74. The summed E-state index contributed by atoms with van der Waals surface area (Å²) in [6.07, 6.45) is 2.53. The molecule has 19 heavy (non-hydrogen) atoms. The highest BCUT2D eigenvalue weighted by Gasteiger charge is 2.07. The molecule has 1 aromatic carbocycles. The van der Waals surface area contributed by atoms with E-state index in [0.29, 0.717) is 12.1 Å². The van der Waals surface area contributed by atoms with Gasteiger partial charge in [0.2, 0.25) is 0 Å². The number of hydrogen-bond donors (Lipinski definition) is 1. The van der Waals surface area contributed by atoms with Crippen LogP contribution < -0.4 is 5.32 Å². The Balaban J connectivity index is 1.92. The maximum atomic E-state index is 12.0. The van der Waals surface area contributed by atoms with Crippen LogP contribution in [0.15, 0.2) is 34.9 Å². The zero-order valence-electron chi connectivity index (χ0n) is 11.0. The van der Waals surface area contributed by atoms with E-state index in [2.05, 4.69) is 26.3 Å². The molecular formula is C14H16BrN3O. The van der Waals surface area contributed by atoms with Crippen molar-refractivity contribution in [2.24, 2.45) is 7.05 Å². The van der Waals surface area contributed by atoms with Gasteiger partial charge in [0.05, 0.1) is 0 Å². The lowest BCUT2D eigenvalue weighted by molar-refractivity contribution is 0.0954. The van der Waals surface area contributed by atoms with Crippen molar-refractivity contribution in [2.45, 2.75) is 13.3 Å². The van der Waals surface area contributed by atoms with Crippen molar-refractivity contribution < 1.29 is 4.79 Å². The fourth-order valence-corrected chi connectivity index (χ4v) is 2.53. The minimum Gasteiger partial charge on any atom is -0.352 e. The van der Waals surface area contributed by atoms with Gasteiger partial charge in [0, 0.05) is 41.9 Å². The van der Waals surface area contributed by atoms with Gasteiger partial charge >= 0.3 is 0 Å². The normalized spacial score (nSPS) is 10.5. The largest absolute Gasteiger partial charge is 0.352 e. The molecule has 0 spiro atoms. The molecule has 0 saturated carbocycles. The number of carbonyl (C=O) groups excluding carboxylic acids is 1. The van der Waals surface area contributed by atoms with Crippen molar-refractivity contribution in [1.82, 2.24) is 15.1 Å². The lowest BCUT2D eigenvalue weighted by Crippen LogP contribution is -2.26. The monoisotopic (exact) mass is 321 g/mol. The average Bonchev–Trinajstić information content (AvgIpc) is 2.74. The van der Waals surface area contributed by atoms with Gasteiger partial charge in [-0.25, -0.2) is 0 Å². The third kappa shape index (κ3) is 3.67. The van der Waals surface area contributed by atoms with Gasteiger partial charge in [-0.1, -0.05) is 15.9 Å². The van der Waals surface area contributed by atoms with E-state index in [-0.39, 0.29) is 5.91 Å². The van der Waals surface area contributed by atoms with E-state index in [1.54, 1.807) is 6.20 Å². The predicted octanol–water partition coefficient (Wildman–Crippen LogP) is 2.46. The number of hydrogen-bond acceptors (Lipinski definition) is 2. The molecule has 2 rings (SSSR count). The molecule has 1 heterocycles. The van der Waals surface area contributed by atoms with Crippen molar-refractivity contribution in [3.05, 3.63) is 51.8 Å². The molecule has 1 amide bonds. The highest BCUT2D eigenvalue weighted by molar-refractivity contribution is 9.10. The first-order chi connectivity index (χ1) is 9.06. The smallest absolute Gasteiger partial charge is 0.251 e. The van der Waals surface area contributed by atoms with Crippen molar-refractivity contribution in [1.29, 1.82) is 0 Å². The Morgan fingerprint density at radius 1 is 1.42 bits per heavy atom. The van der Waals surface area contributed by atoms with Crippen LogP contribution in [0.25, 0.3) is 0 Å². The number of rotatable bonds is 4. The second-order valence-electron chi connectivity index (χ2n) is 4.47. The molecule has 0 fully saturated rings. The molecule has 1 aromatic heterocycles. The number of aromatic nitrogens is 2. The summed E-state index contributed by atoms with van der Waals surface area (Å²) in [6.45, 7) is 2.57. The summed E-state index contributed by atoms with van der Waals surface area (Å²) in [5, 5.41) is 7.01. The molecule has 0 aliphatic carbocycles. The molecular weight excluding hydrogens is 306 g/mol. The van der Waals surface area contributed by atoms with Gasteiger partial charge < -0.3 is 5.32 Å². The van der Waals surface area contributed by atoms with Gasteiger partial charge in [-0.2, -0.15) is 5.10 Å². The number of aryl methyl sites for hydroxylation is 2. The van der Waals surface area contributed by atoms with Gasteiger partial charge in [0.25, 0.3) is 5.91 Å². The molecule has 0 saturated heterocycles. The van der Waals surface area contributed by atoms with Gasteiger partial charge in [-0.05, 0) is 36.8 Å². The zero-order valence-corrected chi connectivity index (χ0v) is 12.6. The van der Waals surface area contributed by atoms with E-state index < -0.39 is 0 Å². The summed E-state index contributed by atoms with van der Waals surface area (Å²) >= 11 is 3.40. The SMILES string of the molecule is Cc1cc(Br)cc(C(=O)NCCc2ccnn2C)c1. The number of nitrogens with one attached hydrogen (secondary N) is 1. The van der Waals surface area contributed by atoms with Crippen LogP contribution in [0.2, 0.25) is 0 Å². The van der Waals surface area contributed by atoms with Crippen LogP contribution in [0, 0.1) is 6.92 Å². The van der Waals surface area contributed by atoms with E-state index >= 15 is 0 Å². The third-order valence-corrected chi connectivity index (χ3v) is 3.35. The number of amides is 1. The first kappa shape index (κ1) is 13.8. The van der Waals surface area contributed by atoms with E-state index in [1.807, 2.05) is 42.9 Å². The van der Waals surface area contributed by atoms with Crippen LogP contribution in [0.5, 0.6) is 0 Å². The number of benzene rings is 1. The molecule has 0 bridgehead atoms. The Labute approximate surface area is 120 Å². The standard InChI is InChI=1S/C14H16BrN3O/c1-10-7-11(9-12(15)8-10)14(19)16-5-3-13-4-6-17-18(13)2/h4,6-9H,3,5H2,1-2H3,(H,16,19). The Kier molecular flexibility index (Phi) is 4.37. The van der Waals surface area contributed by atoms with Crippen LogP contribution >= 0.6 is 15.9 Å². The predicted molar refractivity (Wildman–Crippen MR) is 78.1 cm³/mol. The van der Waals surface area contributed by atoms with E-state index in [4.69, 9.17) is 0 Å². The summed E-state index contributed by atoms with van der Waals surface area (Å²) in [6, 6.07) is 7.64. The summed E-state index contributed by atoms with van der Waals surface area (Å²) in [4.78, 5) is 12.0. The third-order valence-electron chi connectivity index (χ3n) is 2.89. The average molecular weight is 322 g/mol. The molecule has 100 valence electrons. The van der Waals surface area contributed by atoms with Crippen LogP contribution in [0.4, 0.5) is 0 Å². The van der Waals surface area contributed by atoms with Crippen LogP contribution in [-0.2, 0) is 13.5 Å². The minimum atomic E-state index is -0.0495. The quantitative estimate of drug-likeness (QED) is 0.940. The van der Waals surface area contributed by atoms with E-state index in [9.17, 15) is 4.79 Å². The van der Waals surface area contributed by atoms with Crippen molar-refractivity contribution >= 4 is 21.8 Å². The Hall–Kier alpha value is -1.62. The Morgan fingerprint density at radius 2 is 2.21 bits per heavy atom. The Bertz CT molecular complexity index is 572. The maximum Gasteiger partial charge on any atom is 0.251 e. The number of nitrogens with zero attached hydrogens (tertiary/aromatic N) is 2. The van der Waals surface area contributed by atoms with Crippen molar-refractivity contribution in [3.63, 3.8) is 0 Å². The molecule has 0 aliphatic rings. The fourth-order valence-electron chi connectivity index (χ4n) is 1.92. The zero-order chi connectivity index (χ0) is 13.8. The van der Waals surface area contributed by atoms with Crippen LogP contribution in [-0.4, -0.2) is 22.2 Å². The summed E-state index contributed by atoms with van der Waals surface area (Å²) in [5.74, 6) is -0.0495. The van der Waals surface area contributed by atoms with Crippen LogP contribution in [0.1, 0.15) is 21.6 Å². The lowest BCUT2D eigenvalue weighted by Gasteiger charge is -2.07. The second kappa shape index (κ2) is 6.02. The molecule has 2 aromatic rings. The summed E-state index contributed by atoms with van der Waals surface area (Å²) in [7, 11) is 1.90. The number of halogens is 1. The number of carbonyl (C=O) groups is 1. The van der Waals surface area contributed by atoms with Crippen molar-refractivity contribution in [2.75, 3.05) is 6.54 Å². The van der Waals surface area contributed by atoms with Gasteiger partial charge in [-0.3, -0.25) is 9.48 Å². The molecule has 5 heteroatoms. The van der Waals surface area contributed by atoms with Crippen molar-refractivity contribution in [3.8, 4) is 0 Å². The van der Waals surface area contributed by atoms with E-state index in [0.717, 1.165) is 22.2 Å². The van der Waals surface area contributed by atoms with Gasteiger partial charge in [-0.15, -0.1) is 0 Å². The maximum absolute atomic E-state index is 12.0. The minimum absolute atomic E-state index is 0.0495. The highest BCUT2D eigenvalue weighted by atomic mass is 79.9. The van der Waals surface area contributed by atoms with E-state index in [1.165, 1.54) is 0 Å². The molecule has 0 unspecified atom stereocenters. The van der Waals surface area contributed by atoms with Gasteiger partial charge in [0.15, 0.2) is 0 Å². The fraction of sp³-hybridized carbons (Fsp3) is 0.286. The topological polar surface area (TPSA) is 46.9 Å². The highest BCUT2D eigenvalue weighted by Crippen LogP contribution is 2.15. The first-order valence-electron chi connectivity index (χ1n) is 6.08. The summed E-state index contributed by atoms with van der Waals surface area (Å²) in [5.41, 5.74) is 2.84. The second-order valence-corrected chi connectivity index (χ2v) is 5.38. The molecule has 1 N–H and O–H groups in total. The molecule has 0 radical (unpaired) electrons. The molecule has 4 nitrogen and oxygen atoms in total. The first-order valence-corrected chi connectivity index (χ1v) is 6.88. The Morgan fingerprint density at radius 3 is 2.84 bits per heavy atom. The lowest BCUT2D eigenvalue weighted by atomic mass is 10.1. The molecule has 0 atom stereocenters. The molecule has 0 aliphatic heterocycles.